The molecule has 2 N–H and O–H groups in total. The minimum atomic E-state index is -1.13. The molecule has 0 spiro atoms. The SMILES string of the molecule is CC(C)(C)n1cc(NC(=O)c2c(O)cc(F)cc2F)cn1. The number of amides is 1. The lowest BCUT2D eigenvalue weighted by Gasteiger charge is -2.18. The molecule has 112 valence electrons. The van der Waals surface area contributed by atoms with E-state index in [0.717, 1.165) is 0 Å². The summed E-state index contributed by atoms with van der Waals surface area (Å²) in [5.74, 6) is -3.72. The molecule has 0 atom stereocenters. The van der Waals surface area contributed by atoms with Gasteiger partial charge in [-0.3, -0.25) is 9.48 Å². The zero-order chi connectivity index (χ0) is 15.8. The highest BCUT2D eigenvalue weighted by molar-refractivity contribution is 6.06. The van der Waals surface area contributed by atoms with E-state index in [-0.39, 0.29) is 5.54 Å². The standard InChI is InChI=1S/C14H15F2N3O2/c1-14(2,3)19-7-9(6-17-19)18-13(21)12-10(16)4-8(15)5-11(12)20/h4-7,20H,1-3H3,(H,18,21). The number of carbonyl (C=O) groups excluding carboxylic acids is 1. The molecular formula is C14H15F2N3O2. The molecule has 21 heavy (non-hydrogen) atoms. The molecule has 1 aromatic heterocycles. The van der Waals surface area contributed by atoms with Crippen LogP contribution < -0.4 is 5.32 Å². The molecule has 0 radical (unpaired) electrons. The van der Waals surface area contributed by atoms with Gasteiger partial charge in [-0.1, -0.05) is 0 Å². The number of hydrogen-bond donors (Lipinski definition) is 2. The highest BCUT2D eigenvalue weighted by atomic mass is 19.1. The van der Waals surface area contributed by atoms with Crippen molar-refractivity contribution in [2.24, 2.45) is 0 Å². The summed E-state index contributed by atoms with van der Waals surface area (Å²) in [6.45, 7) is 5.78. The maximum absolute atomic E-state index is 13.6. The molecule has 2 aromatic rings. The van der Waals surface area contributed by atoms with Crippen molar-refractivity contribution in [1.82, 2.24) is 9.78 Å². The van der Waals surface area contributed by atoms with Gasteiger partial charge in [0.05, 0.1) is 17.4 Å². The number of phenolic OH excluding ortho intramolecular Hbond substituents is 1. The lowest BCUT2D eigenvalue weighted by atomic mass is 10.1. The molecular weight excluding hydrogens is 280 g/mol. The minimum Gasteiger partial charge on any atom is -0.507 e. The number of hydrogen-bond acceptors (Lipinski definition) is 3. The lowest BCUT2D eigenvalue weighted by Crippen LogP contribution is -2.22. The molecule has 0 fully saturated rings. The van der Waals surface area contributed by atoms with Crippen molar-refractivity contribution in [3.8, 4) is 5.75 Å². The van der Waals surface area contributed by atoms with Crippen LogP contribution >= 0.6 is 0 Å². The number of nitrogens with one attached hydrogen (secondary N) is 1. The Morgan fingerprint density at radius 3 is 2.52 bits per heavy atom. The largest absolute Gasteiger partial charge is 0.507 e. The maximum Gasteiger partial charge on any atom is 0.262 e. The fourth-order valence-corrected chi connectivity index (χ4v) is 1.73. The van der Waals surface area contributed by atoms with Gasteiger partial charge in [-0.2, -0.15) is 5.10 Å². The summed E-state index contributed by atoms with van der Waals surface area (Å²) in [6.07, 6.45) is 2.98. The third-order valence-corrected chi connectivity index (χ3v) is 2.79. The molecule has 0 unspecified atom stereocenters. The van der Waals surface area contributed by atoms with Crippen LogP contribution in [0.5, 0.6) is 5.75 Å². The van der Waals surface area contributed by atoms with Crippen LogP contribution in [0.4, 0.5) is 14.5 Å². The second-order valence-electron chi connectivity index (χ2n) is 5.58. The Bertz CT molecular complexity index is 667. The van der Waals surface area contributed by atoms with Crippen LogP contribution in [0.3, 0.4) is 0 Å². The van der Waals surface area contributed by atoms with Crippen molar-refractivity contribution in [1.29, 1.82) is 0 Å². The first-order valence-corrected chi connectivity index (χ1v) is 6.23. The monoisotopic (exact) mass is 295 g/mol. The summed E-state index contributed by atoms with van der Waals surface area (Å²) in [6, 6.07) is 1.21. The van der Waals surface area contributed by atoms with Gasteiger partial charge in [-0.15, -0.1) is 0 Å². The molecule has 1 heterocycles. The second kappa shape index (κ2) is 5.16. The predicted molar refractivity (Wildman–Crippen MR) is 73.2 cm³/mol. The van der Waals surface area contributed by atoms with Crippen molar-refractivity contribution < 1.29 is 18.7 Å². The molecule has 0 aliphatic heterocycles. The Balaban J connectivity index is 2.25. The molecule has 1 amide bonds. The molecule has 1 aromatic carbocycles. The predicted octanol–water partition coefficient (Wildman–Crippen LogP) is 2.87. The Kier molecular flexibility index (Phi) is 3.67. The van der Waals surface area contributed by atoms with Gasteiger partial charge in [0.2, 0.25) is 0 Å². The van der Waals surface area contributed by atoms with E-state index in [0.29, 0.717) is 17.8 Å². The third-order valence-electron chi connectivity index (χ3n) is 2.79. The van der Waals surface area contributed by atoms with Gasteiger partial charge < -0.3 is 10.4 Å². The molecule has 0 saturated heterocycles. The number of nitrogens with zero attached hydrogens (tertiary/aromatic N) is 2. The minimum absolute atomic E-state index is 0.272. The summed E-state index contributed by atoms with van der Waals surface area (Å²) >= 11 is 0. The van der Waals surface area contributed by atoms with Crippen molar-refractivity contribution in [2.75, 3.05) is 5.32 Å². The van der Waals surface area contributed by atoms with Gasteiger partial charge in [-0.25, -0.2) is 8.78 Å². The van der Waals surface area contributed by atoms with Gasteiger partial charge in [-0.05, 0) is 20.8 Å². The summed E-state index contributed by atoms with van der Waals surface area (Å²) in [5, 5.41) is 16.0. The van der Waals surface area contributed by atoms with Gasteiger partial charge in [0.25, 0.3) is 5.91 Å². The maximum atomic E-state index is 13.6. The Morgan fingerprint density at radius 2 is 2.00 bits per heavy atom. The first-order valence-electron chi connectivity index (χ1n) is 6.23. The Labute approximate surface area is 120 Å². The van der Waals surface area contributed by atoms with Crippen molar-refractivity contribution >= 4 is 11.6 Å². The smallest absolute Gasteiger partial charge is 0.262 e. The Morgan fingerprint density at radius 1 is 1.33 bits per heavy atom. The highest BCUT2D eigenvalue weighted by Crippen LogP contribution is 2.23. The average Bonchev–Trinajstić information content (AvgIpc) is 2.75. The first kappa shape index (κ1) is 15.0. The van der Waals surface area contributed by atoms with Crippen LogP contribution in [0, 0.1) is 11.6 Å². The van der Waals surface area contributed by atoms with E-state index in [2.05, 4.69) is 10.4 Å². The Hall–Kier alpha value is -2.44. The van der Waals surface area contributed by atoms with Gasteiger partial charge in [0.15, 0.2) is 0 Å². The fourth-order valence-electron chi connectivity index (χ4n) is 1.73. The lowest BCUT2D eigenvalue weighted by molar-refractivity contribution is 0.102. The number of carbonyl (C=O) groups is 1. The quantitative estimate of drug-likeness (QED) is 0.895. The number of rotatable bonds is 2. The zero-order valence-electron chi connectivity index (χ0n) is 11.8. The molecule has 0 aliphatic rings. The summed E-state index contributed by atoms with van der Waals surface area (Å²) in [4.78, 5) is 12.0. The summed E-state index contributed by atoms with van der Waals surface area (Å²) < 4.78 is 28.1. The molecule has 2 rings (SSSR count). The van der Waals surface area contributed by atoms with Crippen LogP contribution in [-0.4, -0.2) is 20.8 Å². The molecule has 7 heteroatoms. The van der Waals surface area contributed by atoms with Gasteiger partial charge in [0.1, 0.15) is 22.9 Å². The van der Waals surface area contributed by atoms with Crippen molar-refractivity contribution in [3.05, 3.63) is 41.7 Å². The van der Waals surface area contributed by atoms with Crippen LogP contribution in [0.2, 0.25) is 0 Å². The van der Waals surface area contributed by atoms with Crippen molar-refractivity contribution in [3.63, 3.8) is 0 Å². The summed E-state index contributed by atoms with van der Waals surface area (Å²) in [5.41, 5.74) is -0.537. The van der Waals surface area contributed by atoms with Crippen LogP contribution in [0.15, 0.2) is 24.5 Å². The van der Waals surface area contributed by atoms with E-state index in [1.165, 1.54) is 6.20 Å². The van der Waals surface area contributed by atoms with E-state index in [1.807, 2.05) is 20.8 Å². The van der Waals surface area contributed by atoms with Gasteiger partial charge in [0, 0.05) is 18.3 Å². The topological polar surface area (TPSA) is 67.2 Å². The number of aromatic hydroxyl groups is 1. The van der Waals surface area contributed by atoms with Crippen molar-refractivity contribution in [2.45, 2.75) is 26.3 Å². The molecule has 0 aliphatic carbocycles. The molecule has 0 saturated carbocycles. The van der Waals surface area contributed by atoms with Crippen LogP contribution in [0.1, 0.15) is 31.1 Å². The van der Waals surface area contributed by atoms with Crippen LogP contribution in [-0.2, 0) is 5.54 Å². The van der Waals surface area contributed by atoms with E-state index in [1.54, 1.807) is 10.9 Å². The second-order valence-corrected chi connectivity index (χ2v) is 5.58. The van der Waals surface area contributed by atoms with E-state index in [9.17, 15) is 18.7 Å². The number of benzene rings is 1. The highest BCUT2D eigenvalue weighted by Gasteiger charge is 2.20. The average molecular weight is 295 g/mol. The van der Waals surface area contributed by atoms with E-state index >= 15 is 0 Å². The zero-order valence-corrected chi connectivity index (χ0v) is 11.8. The van der Waals surface area contributed by atoms with E-state index in [4.69, 9.17) is 0 Å². The number of anilines is 1. The number of halogens is 2. The third kappa shape index (κ3) is 3.18. The number of phenols is 1. The first-order chi connectivity index (χ1) is 9.68. The molecule has 0 bridgehead atoms. The molecule has 5 nitrogen and oxygen atoms in total. The van der Waals surface area contributed by atoms with E-state index < -0.39 is 28.9 Å². The number of aromatic nitrogens is 2. The normalized spacial score (nSPS) is 11.5. The fraction of sp³-hybridized carbons (Fsp3) is 0.286. The van der Waals surface area contributed by atoms with Gasteiger partial charge >= 0.3 is 0 Å². The van der Waals surface area contributed by atoms with Crippen LogP contribution in [0.25, 0.3) is 0 Å². The summed E-state index contributed by atoms with van der Waals surface area (Å²) in [7, 11) is 0.